The fraction of sp³-hybridized carbons (Fsp3) is 0.375. The smallest absolute Gasteiger partial charge is 0.407 e. The van der Waals surface area contributed by atoms with E-state index >= 15 is 0 Å². The lowest BCUT2D eigenvalue weighted by molar-refractivity contribution is -0.140. The number of carboxylic acids is 1. The molecule has 2 amide bonds. The average molecular weight is 440 g/mol. The summed E-state index contributed by atoms with van der Waals surface area (Å²) in [6.07, 6.45) is -1.36. The number of aliphatic carboxylic acids is 1. The molecule has 0 saturated heterocycles. The number of benzene rings is 2. The SMILES string of the molecule is C[C@H](CN(C)C)NC(=O)C(CC(=O)O)NC(=O)OCC1c2ccccc2-c2ccccc21. The summed E-state index contributed by atoms with van der Waals surface area (Å²) in [5, 5.41) is 14.3. The third-order valence-corrected chi connectivity index (χ3v) is 5.36. The quantitative estimate of drug-likeness (QED) is 0.554. The first-order valence-electron chi connectivity index (χ1n) is 10.5. The van der Waals surface area contributed by atoms with Crippen LogP contribution in [0.15, 0.2) is 48.5 Å². The summed E-state index contributed by atoms with van der Waals surface area (Å²) in [7, 11) is 3.73. The Morgan fingerprint density at radius 3 is 2.09 bits per heavy atom. The van der Waals surface area contributed by atoms with Gasteiger partial charge in [-0.3, -0.25) is 9.59 Å². The third-order valence-electron chi connectivity index (χ3n) is 5.36. The first kappa shape index (κ1) is 23.3. The lowest BCUT2D eigenvalue weighted by Crippen LogP contribution is -2.51. The van der Waals surface area contributed by atoms with Gasteiger partial charge in [-0.1, -0.05) is 48.5 Å². The van der Waals surface area contributed by atoms with Gasteiger partial charge in [0.15, 0.2) is 0 Å². The van der Waals surface area contributed by atoms with Crippen LogP contribution >= 0.6 is 0 Å². The molecule has 0 bridgehead atoms. The van der Waals surface area contributed by atoms with E-state index in [0.717, 1.165) is 22.3 Å². The van der Waals surface area contributed by atoms with Crippen molar-refractivity contribution in [2.24, 2.45) is 0 Å². The minimum Gasteiger partial charge on any atom is -0.481 e. The van der Waals surface area contributed by atoms with E-state index in [9.17, 15) is 14.4 Å². The largest absolute Gasteiger partial charge is 0.481 e. The number of carbonyl (C=O) groups is 3. The number of likely N-dealkylation sites (N-methyl/N-ethyl adjacent to an activating group) is 1. The van der Waals surface area contributed by atoms with Crippen LogP contribution in [0.1, 0.15) is 30.4 Å². The van der Waals surface area contributed by atoms with Crippen molar-refractivity contribution in [2.75, 3.05) is 27.2 Å². The van der Waals surface area contributed by atoms with Gasteiger partial charge in [-0.15, -0.1) is 0 Å². The van der Waals surface area contributed by atoms with Gasteiger partial charge in [0.2, 0.25) is 5.91 Å². The van der Waals surface area contributed by atoms with E-state index in [-0.39, 0.29) is 18.6 Å². The molecule has 0 aliphatic heterocycles. The van der Waals surface area contributed by atoms with E-state index in [4.69, 9.17) is 9.84 Å². The molecular formula is C24H29N3O5. The molecule has 3 N–H and O–H groups in total. The minimum atomic E-state index is -1.23. The topological polar surface area (TPSA) is 108 Å². The molecule has 0 spiro atoms. The second-order valence-electron chi connectivity index (χ2n) is 8.29. The monoisotopic (exact) mass is 439 g/mol. The zero-order chi connectivity index (χ0) is 23.3. The van der Waals surface area contributed by atoms with E-state index in [0.29, 0.717) is 6.54 Å². The molecule has 1 aliphatic carbocycles. The molecule has 8 nitrogen and oxygen atoms in total. The number of carboxylic acid groups (broad SMARTS) is 1. The molecule has 170 valence electrons. The lowest BCUT2D eigenvalue weighted by Gasteiger charge is -2.22. The molecule has 3 rings (SSSR count). The van der Waals surface area contributed by atoms with Crippen molar-refractivity contribution in [3.8, 4) is 11.1 Å². The maximum atomic E-state index is 12.5. The van der Waals surface area contributed by atoms with Crippen molar-refractivity contribution in [1.29, 1.82) is 0 Å². The van der Waals surface area contributed by atoms with Crippen LogP contribution in [0, 0.1) is 0 Å². The third kappa shape index (κ3) is 5.64. The highest BCUT2D eigenvalue weighted by Crippen LogP contribution is 2.44. The van der Waals surface area contributed by atoms with Crippen LogP contribution in [-0.4, -0.2) is 67.3 Å². The van der Waals surface area contributed by atoms with E-state index in [2.05, 4.69) is 10.6 Å². The lowest BCUT2D eigenvalue weighted by atomic mass is 9.98. The number of amides is 2. The van der Waals surface area contributed by atoms with Gasteiger partial charge < -0.3 is 25.4 Å². The van der Waals surface area contributed by atoms with Gasteiger partial charge in [0.25, 0.3) is 0 Å². The highest BCUT2D eigenvalue weighted by Gasteiger charge is 2.30. The van der Waals surface area contributed by atoms with Crippen molar-refractivity contribution in [2.45, 2.75) is 31.3 Å². The first-order chi connectivity index (χ1) is 15.3. The molecular weight excluding hydrogens is 410 g/mol. The van der Waals surface area contributed by atoms with Crippen molar-refractivity contribution in [3.05, 3.63) is 59.7 Å². The van der Waals surface area contributed by atoms with E-state index in [1.54, 1.807) is 0 Å². The number of hydrogen-bond acceptors (Lipinski definition) is 5. The number of ether oxygens (including phenoxy) is 1. The molecule has 2 atom stereocenters. The Labute approximate surface area is 187 Å². The van der Waals surface area contributed by atoms with Gasteiger partial charge in [-0.05, 0) is 43.3 Å². The fourth-order valence-corrected chi connectivity index (χ4v) is 4.10. The normalized spacial score (nSPS) is 14.2. The van der Waals surface area contributed by atoms with Gasteiger partial charge in [0.1, 0.15) is 12.6 Å². The number of carbonyl (C=O) groups excluding carboxylic acids is 2. The molecule has 8 heteroatoms. The van der Waals surface area contributed by atoms with Crippen LogP contribution < -0.4 is 10.6 Å². The molecule has 0 heterocycles. The number of hydrogen-bond donors (Lipinski definition) is 3. The Hall–Kier alpha value is -3.39. The highest BCUT2D eigenvalue weighted by molar-refractivity contribution is 5.89. The van der Waals surface area contributed by atoms with Crippen LogP contribution in [-0.2, 0) is 14.3 Å². The van der Waals surface area contributed by atoms with Crippen molar-refractivity contribution in [1.82, 2.24) is 15.5 Å². The number of fused-ring (bicyclic) bond motifs is 3. The van der Waals surface area contributed by atoms with E-state index in [1.807, 2.05) is 74.4 Å². The molecule has 1 aliphatic rings. The number of rotatable bonds is 9. The summed E-state index contributed by atoms with van der Waals surface area (Å²) in [5.41, 5.74) is 4.35. The van der Waals surface area contributed by atoms with E-state index < -0.39 is 30.4 Å². The molecule has 32 heavy (non-hydrogen) atoms. The van der Waals surface area contributed by atoms with Crippen molar-refractivity contribution in [3.63, 3.8) is 0 Å². The Kier molecular flexibility index (Phi) is 7.48. The number of alkyl carbamates (subject to hydrolysis) is 1. The second-order valence-corrected chi connectivity index (χ2v) is 8.29. The van der Waals surface area contributed by atoms with Gasteiger partial charge in [0.05, 0.1) is 6.42 Å². The van der Waals surface area contributed by atoms with Gasteiger partial charge >= 0.3 is 12.1 Å². The van der Waals surface area contributed by atoms with Crippen molar-refractivity contribution < 1.29 is 24.2 Å². The summed E-state index contributed by atoms with van der Waals surface area (Å²) < 4.78 is 5.44. The molecule has 0 saturated carbocycles. The Morgan fingerprint density at radius 1 is 1.00 bits per heavy atom. The Bertz CT molecular complexity index is 946. The zero-order valence-electron chi connectivity index (χ0n) is 18.5. The summed E-state index contributed by atoms with van der Waals surface area (Å²) in [5.74, 6) is -1.88. The summed E-state index contributed by atoms with van der Waals surface area (Å²) in [6.45, 7) is 2.47. The molecule has 2 aromatic carbocycles. The van der Waals surface area contributed by atoms with E-state index in [1.165, 1.54) is 0 Å². The predicted octanol–water partition coefficient (Wildman–Crippen LogP) is 2.43. The van der Waals surface area contributed by atoms with Gasteiger partial charge in [0, 0.05) is 18.5 Å². The number of nitrogens with one attached hydrogen (secondary N) is 2. The molecule has 0 aromatic heterocycles. The predicted molar refractivity (Wildman–Crippen MR) is 120 cm³/mol. The van der Waals surface area contributed by atoms with Gasteiger partial charge in [-0.25, -0.2) is 4.79 Å². The van der Waals surface area contributed by atoms with Crippen LogP contribution in [0.4, 0.5) is 4.79 Å². The summed E-state index contributed by atoms with van der Waals surface area (Å²) in [4.78, 5) is 38.1. The average Bonchev–Trinajstić information content (AvgIpc) is 3.04. The first-order valence-corrected chi connectivity index (χ1v) is 10.5. The fourth-order valence-electron chi connectivity index (χ4n) is 4.10. The Morgan fingerprint density at radius 2 is 1.56 bits per heavy atom. The van der Waals surface area contributed by atoms with Crippen LogP contribution in [0.5, 0.6) is 0 Å². The molecule has 0 fully saturated rings. The van der Waals surface area contributed by atoms with Crippen LogP contribution in [0.2, 0.25) is 0 Å². The molecule has 0 radical (unpaired) electrons. The maximum Gasteiger partial charge on any atom is 0.407 e. The zero-order valence-corrected chi connectivity index (χ0v) is 18.5. The van der Waals surface area contributed by atoms with Gasteiger partial charge in [-0.2, -0.15) is 0 Å². The highest BCUT2D eigenvalue weighted by atomic mass is 16.5. The molecule has 2 aromatic rings. The summed E-state index contributed by atoms with van der Waals surface area (Å²) >= 11 is 0. The Balaban J connectivity index is 1.64. The van der Waals surface area contributed by atoms with Crippen LogP contribution in [0.25, 0.3) is 11.1 Å². The summed E-state index contributed by atoms with van der Waals surface area (Å²) in [6, 6.07) is 14.5. The van der Waals surface area contributed by atoms with Crippen molar-refractivity contribution >= 4 is 18.0 Å². The van der Waals surface area contributed by atoms with Crippen LogP contribution in [0.3, 0.4) is 0 Å². The second kappa shape index (κ2) is 10.3. The standard InChI is InChI=1S/C24H29N3O5/c1-15(13-27(2)3)25-23(30)21(12-22(28)29)26-24(31)32-14-20-18-10-6-4-8-16(18)17-9-5-7-11-19(17)20/h4-11,15,20-21H,12-14H2,1-3H3,(H,25,30)(H,26,31)(H,28,29)/t15-,21?/m1/s1. The molecule has 1 unspecified atom stereocenters. The maximum absolute atomic E-state index is 12.5. The number of nitrogens with zero attached hydrogens (tertiary/aromatic N) is 1. The minimum absolute atomic E-state index is 0.0816.